The number of para-hydroxylation sites is 1. The predicted octanol–water partition coefficient (Wildman–Crippen LogP) is 1.92. The number of rotatable bonds is 2. The Morgan fingerprint density at radius 2 is 2.24 bits per heavy atom. The minimum Gasteiger partial charge on any atom is -0.491 e. The van der Waals surface area contributed by atoms with Gasteiger partial charge in [0.25, 0.3) is 0 Å². The third kappa shape index (κ3) is 3.50. The van der Waals surface area contributed by atoms with E-state index in [1.54, 1.807) is 0 Å². The van der Waals surface area contributed by atoms with Gasteiger partial charge < -0.3 is 15.4 Å². The van der Waals surface area contributed by atoms with Crippen LogP contribution >= 0.6 is 12.4 Å². The molecule has 0 radical (unpaired) electrons. The van der Waals surface area contributed by atoms with Crippen LogP contribution in [-0.2, 0) is 11.2 Å². The van der Waals surface area contributed by atoms with Crippen LogP contribution in [0.25, 0.3) is 0 Å². The van der Waals surface area contributed by atoms with Gasteiger partial charge in [-0.2, -0.15) is 0 Å². The van der Waals surface area contributed by atoms with Gasteiger partial charge in [0.1, 0.15) is 12.4 Å². The first-order chi connectivity index (χ1) is 9.67. The highest BCUT2D eigenvalue weighted by molar-refractivity contribution is 5.85. The molecule has 1 amide bonds. The van der Waals surface area contributed by atoms with Crippen LogP contribution in [0.15, 0.2) is 24.3 Å². The number of carbonyl (C=O) groups excluding carboxylic acids is 1. The monoisotopic (exact) mass is 310 g/mol. The molecule has 1 saturated heterocycles. The second kappa shape index (κ2) is 6.67. The molecule has 5 heteroatoms. The normalized spacial score (nSPS) is 27.8. The first kappa shape index (κ1) is 16.1. The van der Waals surface area contributed by atoms with E-state index in [1.807, 2.05) is 25.1 Å². The first-order valence-corrected chi connectivity index (χ1v) is 7.40. The van der Waals surface area contributed by atoms with E-state index in [0.29, 0.717) is 6.61 Å². The van der Waals surface area contributed by atoms with Crippen LogP contribution in [0.2, 0.25) is 0 Å². The molecule has 1 fully saturated rings. The fourth-order valence-electron chi connectivity index (χ4n) is 3.03. The Labute approximate surface area is 132 Å². The van der Waals surface area contributed by atoms with Crippen LogP contribution in [0, 0.1) is 5.41 Å². The molecule has 2 heterocycles. The van der Waals surface area contributed by atoms with Crippen molar-refractivity contribution in [1.82, 2.24) is 10.6 Å². The smallest absolute Gasteiger partial charge is 0.227 e. The van der Waals surface area contributed by atoms with E-state index >= 15 is 0 Å². The largest absolute Gasteiger partial charge is 0.491 e. The SMILES string of the molecule is CC1(C(=O)NC2COc3ccccc3C2)CCCNC1.Cl. The van der Waals surface area contributed by atoms with Crippen LogP contribution in [-0.4, -0.2) is 31.6 Å². The van der Waals surface area contributed by atoms with Crippen molar-refractivity contribution in [2.45, 2.75) is 32.2 Å². The molecule has 1 aromatic rings. The molecule has 0 saturated carbocycles. The lowest BCUT2D eigenvalue weighted by Crippen LogP contribution is -2.53. The van der Waals surface area contributed by atoms with E-state index in [-0.39, 0.29) is 29.8 Å². The molecule has 0 aromatic heterocycles. The maximum Gasteiger partial charge on any atom is 0.227 e. The highest BCUT2D eigenvalue weighted by Gasteiger charge is 2.36. The van der Waals surface area contributed by atoms with E-state index in [4.69, 9.17) is 4.74 Å². The van der Waals surface area contributed by atoms with Crippen molar-refractivity contribution >= 4 is 18.3 Å². The zero-order chi connectivity index (χ0) is 14.0. The van der Waals surface area contributed by atoms with Gasteiger partial charge in [-0.3, -0.25) is 4.79 Å². The number of fused-ring (bicyclic) bond motifs is 1. The summed E-state index contributed by atoms with van der Waals surface area (Å²) in [6.45, 7) is 4.39. The average molecular weight is 311 g/mol. The lowest BCUT2D eigenvalue weighted by atomic mass is 9.81. The summed E-state index contributed by atoms with van der Waals surface area (Å²) in [5, 5.41) is 6.48. The summed E-state index contributed by atoms with van der Waals surface area (Å²) in [6, 6.07) is 8.12. The molecule has 2 atom stereocenters. The second-order valence-electron chi connectivity index (χ2n) is 6.13. The molecule has 116 valence electrons. The number of carbonyl (C=O) groups is 1. The first-order valence-electron chi connectivity index (χ1n) is 7.40. The van der Waals surface area contributed by atoms with Crippen molar-refractivity contribution in [2.24, 2.45) is 5.41 Å². The third-order valence-corrected chi connectivity index (χ3v) is 4.36. The summed E-state index contributed by atoms with van der Waals surface area (Å²) in [5.74, 6) is 1.10. The number of nitrogens with one attached hydrogen (secondary N) is 2. The standard InChI is InChI=1S/C16H22N2O2.ClH/c1-16(7-4-8-17-11-16)15(19)18-13-9-12-5-2-3-6-14(12)20-10-13;/h2-3,5-6,13,17H,4,7-11H2,1H3,(H,18,19);1H. The minimum absolute atomic E-state index is 0. The number of halogens is 1. The van der Waals surface area contributed by atoms with Gasteiger partial charge in [0.05, 0.1) is 11.5 Å². The molecule has 0 spiro atoms. The highest BCUT2D eigenvalue weighted by atomic mass is 35.5. The van der Waals surface area contributed by atoms with Gasteiger partial charge in [0.2, 0.25) is 5.91 Å². The fraction of sp³-hybridized carbons (Fsp3) is 0.562. The molecule has 2 N–H and O–H groups in total. The van der Waals surface area contributed by atoms with Crippen molar-refractivity contribution in [1.29, 1.82) is 0 Å². The van der Waals surface area contributed by atoms with Crippen molar-refractivity contribution in [3.63, 3.8) is 0 Å². The van der Waals surface area contributed by atoms with E-state index < -0.39 is 0 Å². The van der Waals surface area contributed by atoms with Gasteiger partial charge in [0.15, 0.2) is 0 Å². The maximum atomic E-state index is 12.5. The average Bonchev–Trinajstić information content (AvgIpc) is 2.48. The Balaban J connectivity index is 0.00000161. The lowest BCUT2D eigenvalue weighted by molar-refractivity contribution is -0.132. The highest BCUT2D eigenvalue weighted by Crippen LogP contribution is 2.27. The summed E-state index contributed by atoms with van der Waals surface area (Å²) in [5.41, 5.74) is 0.894. The molecule has 4 nitrogen and oxygen atoms in total. The number of amides is 1. The Morgan fingerprint density at radius 3 is 3.00 bits per heavy atom. The van der Waals surface area contributed by atoms with Crippen molar-refractivity contribution in [2.75, 3.05) is 19.7 Å². The molecular formula is C16H23ClN2O2. The van der Waals surface area contributed by atoms with E-state index in [1.165, 1.54) is 5.56 Å². The summed E-state index contributed by atoms with van der Waals surface area (Å²) >= 11 is 0. The van der Waals surface area contributed by atoms with Crippen molar-refractivity contribution in [3.8, 4) is 5.75 Å². The molecule has 0 aliphatic carbocycles. The quantitative estimate of drug-likeness (QED) is 0.877. The molecular weight excluding hydrogens is 288 g/mol. The molecule has 2 unspecified atom stereocenters. The summed E-state index contributed by atoms with van der Waals surface area (Å²) in [6.07, 6.45) is 2.87. The lowest BCUT2D eigenvalue weighted by Gasteiger charge is -2.35. The number of ether oxygens (including phenoxy) is 1. The number of benzene rings is 1. The van der Waals surface area contributed by atoms with Crippen LogP contribution in [0.4, 0.5) is 0 Å². The number of piperidine rings is 1. The summed E-state index contributed by atoms with van der Waals surface area (Å²) in [4.78, 5) is 12.5. The number of hydrogen-bond acceptors (Lipinski definition) is 3. The van der Waals surface area contributed by atoms with Crippen molar-refractivity contribution in [3.05, 3.63) is 29.8 Å². The molecule has 21 heavy (non-hydrogen) atoms. The Morgan fingerprint density at radius 1 is 1.43 bits per heavy atom. The third-order valence-electron chi connectivity index (χ3n) is 4.36. The van der Waals surface area contributed by atoms with Gasteiger partial charge >= 0.3 is 0 Å². The maximum absolute atomic E-state index is 12.5. The van der Waals surface area contributed by atoms with Crippen LogP contribution in [0.3, 0.4) is 0 Å². The van der Waals surface area contributed by atoms with Gasteiger partial charge in [-0.05, 0) is 44.4 Å². The fourth-order valence-corrected chi connectivity index (χ4v) is 3.03. The van der Waals surface area contributed by atoms with Crippen LogP contribution in [0.5, 0.6) is 5.75 Å². The van der Waals surface area contributed by atoms with E-state index in [2.05, 4.69) is 16.7 Å². The predicted molar refractivity (Wildman–Crippen MR) is 85.0 cm³/mol. The molecule has 2 aliphatic heterocycles. The van der Waals surface area contributed by atoms with E-state index in [0.717, 1.165) is 38.1 Å². The number of hydrogen-bond donors (Lipinski definition) is 2. The molecule has 0 bridgehead atoms. The zero-order valence-electron chi connectivity index (χ0n) is 12.4. The second-order valence-corrected chi connectivity index (χ2v) is 6.13. The molecule has 1 aromatic carbocycles. The van der Waals surface area contributed by atoms with Gasteiger partial charge in [-0.25, -0.2) is 0 Å². The van der Waals surface area contributed by atoms with Crippen LogP contribution in [0.1, 0.15) is 25.3 Å². The van der Waals surface area contributed by atoms with Crippen molar-refractivity contribution < 1.29 is 9.53 Å². The van der Waals surface area contributed by atoms with Gasteiger partial charge in [0, 0.05) is 6.54 Å². The zero-order valence-corrected chi connectivity index (χ0v) is 13.2. The molecule has 2 aliphatic rings. The Hall–Kier alpha value is -1.26. The van der Waals surface area contributed by atoms with Gasteiger partial charge in [-0.1, -0.05) is 18.2 Å². The summed E-state index contributed by atoms with van der Waals surface area (Å²) < 4.78 is 5.73. The van der Waals surface area contributed by atoms with Gasteiger partial charge in [-0.15, -0.1) is 12.4 Å². The summed E-state index contributed by atoms with van der Waals surface area (Å²) in [7, 11) is 0. The molecule has 3 rings (SSSR count). The Kier molecular flexibility index (Phi) is 5.12. The minimum atomic E-state index is -0.283. The van der Waals surface area contributed by atoms with Crippen LogP contribution < -0.4 is 15.4 Å². The Bertz CT molecular complexity index is 501. The topological polar surface area (TPSA) is 50.4 Å². The van der Waals surface area contributed by atoms with E-state index in [9.17, 15) is 4.79 Å².